The van der Waals surface area contributed by atoms with E-state index in [0.717, 1.165) is 27.6 Å². The highest BCUT2D eigenvalue weighted by Crippen LogP contribution is 2.27. The molecule has 2 aromatic heterocycles. The van der Waals surface area contributed by atoms with Gasteiger partial charge in [0.1, 0.15) is 5.82 Å². The zero-order valence-electron chi connectivity index (χ0n) is 9.39. The third-order valence-electron chi connectivity index (χ3n) is 2.86. The minimum absolute atomic E-state index is 0.725. The molecule has 0 amide bonds. The summed E-state index contributed by atoms with van der Waals surface area (Å²) in [5.41, 5.74) is 3.19. The monoisotopic (exact) mass is 242 g/mol. The molecule has 0 unspecified atom stereocenters. The van der Waals surface area contributed by atoms with Crippen molar-refractivity contribution in [3.05, 3.63) is 59.4 Å². The molecule has 0 aliphatic carbocycles. The number of benzene rings is 1. The van der Waals surface area contributed by atoms with Crippen molar-refractivity contribution in [3.8, 4) is 11.4 Å². The number of hydrogen-bond acceptors (Lipinski definition) is 1. The molecule has 84 valence electrons. The fraction of sp³-hybridized carbons (Fsp3) is 0.0714. The van der Waals surface area contributed by atoms with Crippen LogP contribution in [0.1, 0.15) is 5.69 Å². The van der Waals surface area contributed by atoms with Gasteiger partial charge in [-0.1, -0.05) is 29.8 Å². The van der Waals surface area contributed by atoms with E-state index in [4.69, 9.17) is 11.6 Å². The Morgan fingerprint density at radius 1 is 1.06 bits per heavy atom. The van der Waals surface area contributed by atoms with E-state index in [0.29, 0.717) is 0 Å². The van der Waals surface area contributed by atoms with Gasteiger partial charge in [-0.25, -0.2) is 4.98 Å². The van der Waals surface area contributed by atoms with Crippen LogP contribution in [0.5, 0.6) is 0 Å². The molecule has 0 aliphatic heterocycles. The first-order valence-corrected chi connectivity index (χ1v) is 5.83. The molecule has 2 nitrogen and oxygen atoms in total. The second-order valence-corrected chi connectivity index (χ2v) is 4.40. The summed E-state index contributed by atoms with van der Waals surface area (Å²) in [6.45, 7) is 2.06. The normalized spacial score (nSPS) is 10.9. The predicted octanol–water partition coefficient (Wildman–Crippen LogP) is 3.96. The summed E-state index contributed by atoms with van der Waals surface area (Å²) < 4.78 is 2.11. The van der Waals surface area contributed by atoms with E-state index >= 15 is 0 Å². The van der Waals surface area contributed by atoms with Crippen LogP contribution in [0.25, 0.3) is 16.9 Å². The van der Waals surface area contributed by atoms with Crippen LogP contribution < -0.4 is 0 Å². The molecule has 0 radical (unpaired) electrons. The van der Waals surface area contributed by atoms with E-state index in [1.54, 1.807) is 0 Å². The zero-order valence-corrected chi connectivity index (χ0v) is 10.1. The van der Waals surface area contributed by atoms with Gasteiger partial charge in [-0.2, -0.15) is 0 Å². The van der Waals surface area contributed by atoms with Crippen molar-refractivity contribution >= 4 is 17.1 Å². The Hall–Kier alpha value is -1.80. The summed E-state index contributed by atoms with van der Waals surface area (Å²) in [5.74, 6) is 0.892. The molecule has 3 rings (SSSR count). The molecule has 3 heteroatoms. The van der Waals surface area contributed by atoms with Crippen LogP contribution in [0.2, 0.25) is 5.02 Å². The van der Waals surface area contributed by atoms with Crippen molar-refractivity contribution < 1.29 is 0 Å². The van der Waals surface area contributed by atoms with Crippen molar-refractivity contribution in [2.45, 2.75) is 6.92 Å². The van der Waals surface area contributed by atoms with Gasteiger partial charge < -0.3 is 0 Å². The highest BCUT2D eigenvalue weighted by molar-refractivity contribution is 6.33. The van der Waals surface area contributed by atoms with Gasteiger partial charge >= 0.3 is 0 Å². The van der Waals surface area contributed by atoms with Crippen LogP contribution in [0.4, 0.5) is 0 Å². The molecule has 2 heterocycles. The summed E-state index contributed by atoms with van der Waals surface area (Å²) in [6, 6.07) is 13.9. The maximum absolute atomic E-state index is 6.22. The maximum atomic E-state index is 6.22. The van der Waals surface area contributed by atoms with Crippen molar-refractivity contribution in [1.82, 2.24) is 9.38 Å². The summed E-state index contributed by atoms with van der Waals surface area (Å²) in [7, 11) is 0. The van der Waals surface area contributed by atoms with Crippen LogP contribution >= 0.6 is 11.6 Å². The molecular formula is C14H11ClN2. The smallest absolute Gasteiger partial charge is 0.146 e. The number of fused-ring (bicyclic) bond motifs is 1. The second-order valence-electron chi connectivity index (χ2n) is 3.99. The summed E-state index contributed by atoms with van der Waals surface area (Å²) >= 11 is 6.22. The molecule has 0 bridgehead atoms. The second kappa shape index (κ2) is 3.90. The van der Waals surface area contributed by atoms with E-state index in [1.807, 2.05) is 42.6 Å². The number of nitrogens with zero attached hydrogens (tertiary/aromatic N) is 2. The van der Waals surface area contributed by atoms with Crippen molar-refractivity contribution in [1.29, 1.82) is 0 Å². The molecule has 0 saturated carbocycles. The van der Waals surface area contributed by atoms with E-state index in [2.05, 4.69) is 22.4 Å². The van der Waals surface area contributed by atoms with Gasteiger partial charge in [0.25, 0.3) is 0 Å². The molecule has 0 saturated heterocycles. The van der Waals surface area contributed by atoms with E-state index in [9.17, 15) is 0 Å². The first-order chi connectivity index (χ1) is 8.27. The van der Waals surface area contributed by atoms with Gasteiger partial charge in [0.2, 0.25) is 0 Å². The van der Waals surface area contributed by atoms with E-state index in [-0.39, 0.29) is 0 Å². The highest BCUT2D eigenvalue weighted by Gasteiger charge is 2.10. The van der Waals surface area contributed by atoms with Gasteiger partial charge in [-0.05, 0) is 31.2 Å². The molecule has 0 atom stereocenters. The van der Waals surface area contributed by atoms with Gasteiger partial charge in [-0.15, -0.1) is 0 Å². The predicted molar refractivity (Wildman–Crippen MR) is 70.4 cm³/mol. The molecule has 17 heavy (non-hydrogen) atoms. The number of rotatable bonds is 1. The number of hydrogen-bond donors (Lipinski definition) is 0. The fourth-order valence-electron chi connectivity index (χ4n) is 2.05. The van der Waals surface area contributed by atoms with Crippen LogP contribution in [0, 0.1) is 6.92 Å². The fourth-order valence-corrected chi connectivity index (χ4v) is 2.27. The van der Waals surface area contributed by atoms with Crippen LogP contribution in [-0.2, 0) is 0 Å². The molecule has 0 spiro atoms. The molecule has 1 aromatic carbocycles. The van der Waals surface area contributed by atoms with E-state index < -0.39 is 0 Å². The molecular weight excluding hydrogens is 232 g/mol. The molecule has 0 N–H and O–H groups in total. The first kappa shape index (κ1) is 10.4. The Labute approximate surface area is 104 Å². The quantitative estimate of drug-likeness (QED) is 0.631. The summed E-state index contributed by atoms with van der Waals surface area (Å²) in [4.78, 5) is 4.47. The average Bonchev–Trinajstić information content (AvgIpc) is 2.75. The lowest BCUT2D eigenvalue weighted by atomic mass is 10.2. The van der Waals surface area contributed by atoms with Gasteiger partial charge in [0.15, 0.2) is 0 Å². The van der Waals surface area contributed by atoms with Crippen molar-refractivity contribution in [2.24, 2.45) is 0 Å². The Balaban J connectivity index is 2.36. The third kappa shape index (κ3) is 1.61. The minimum Gasteiger partial charge on any atom is -0.297 e. The lowest BCUT2D eigenvalue weighted by molar-refractivity contribution is 1.08. The van der Waals surface area contributed by atoms with Gasteiger partial charge in [0.05, 0.1) is 16.7 Å². The van der Waals surface area contributed by atoms with Crippen LogP contribution in [0.15, 0.2) is 48.7 Å². The SMILES string of the molecule is Cc1cccc2cnc(-c3ccccc3Cl)n12. The van der Waals surface area contributed by atoms with Crippen LogP contribution in [0.3, 0.4) is 0 Å². The number of aromatic nitrogens is 2. The first-order valence-electron chi connectivity index (χ1n) is 5.45. The zero-order chi connectivity index (χ0) is 11.8. The Kier molecular flexibility index (Phi) is 2.37. The van der Waals surface area contributed by atoms with E-state index in [1.165, 1.54) is 0 Å². The van der Waals surface area contributed by atoms with Crippen LogP contribution in [-0.4, -0.2) is 9.38 Å². The lowest BCUT2D eigenvalue weighted by Crippen LogP contribution is -1.94. The molecule has 0 fully saturated rings. The molecule has 0 aliphatic rings. The minimum atomic E-state index is 0.725. The standard InChI is InChI=1S/C14H11ClN2/c1-10-5-4-6-11-9-16-14(17(10)11)12-7-2-3-8-13(12)15/h2-9H,1H3. The summed E-state index contributed by atoms with van der Waals surface area (Å²) in [6.07, 6.45) is 1.87. The Bertz CT molecular complexity index is 686. The number of halogens is 1. The maximum Gasteiger partial charge on any atom is 0.146 e. The highest BCUT2D eigenvalue weighted by atomic mass is 35.5. The summed E-state index contributed by atoms with van der Waals surface area (Å²) in [5, 5.41) is 0.725. The number of imidazole rings is 1. The third-order valence-corrected chi connectivity index (χ3v) is 3.19. The largest absolute Gasteiger partial charge is 0.297 e. The number of aryl methyl sites for hydroxylation is 1. The topological polar surface area (TPSA) is 17.3 Å². The lowest BCUT2D eigenvalue weighted by Gasteiger charge is -2.06. The Morgan fingerprint density at radius 2 is 1.88 bits per heavy atom. The number of pyridine rings is 1. The van der Waals surface area contributed by atoms with Gasteiger partial charge in [-0.3, -0.25) is 4.40 Å². The average molecular weight is 243 g/mol. The van der Waals surface area contributed by atoms with Crippen molar-refractivity contribution in [3.63, 3.8) is 0 Å². The van der Waals surface area contributed by atoms with Crippen molar-refractivity contribution in [2.75, 3.05) is 0 Å². The Morgan fingerprint density at radius 3 is 2.71 bits per heavy atom. The van der Waals surface area contributed by atoms with Gasteiger partial charge in [0, 0.05) is 11.3 Å². The molecule has 3 aromatic rings.